The van der Waals surface area contributed by atoms with E-state index in [-0.39, 0.29) is 11.9 Å². The first kappa shape index (κ1) is 13.1. The van der Waals surface area contributed by atoms with E-state index in [1.807, 2.05) is 10.8 Å². The lowest BCUT2D eigenvalue weighted by atomic mass is 9.88. The number of hydrogen-bond acceptors (Lipinski definition) is 4. The van der Waals surface area contributed by atoms with E-state index in [9.17, 15) is 9.59 Å². The Labute approximate surface area is 117 Å². The summed E-state index contributed by atoms with van der Waals surface area (Å²) in [4.78, 5) is 29.8. The molecule has 2 N–H and O–H groups in total. The van der Waals surface area contributed by atoms with Gasteiger partial charge in [0.15, 0.2) is 0 Å². The van der Waals surface area contributed by atoms with Gasteiger partial charge in [0.05, 0.1) is 6.33 Å². The average Bonchev–Trinajstić information content (AvgIpc) is 3.03. The Bertz CT molecular complexity index is 493. The van der Waals surface area contributed by atoms with E-state index < -0.39 is 5.54 Å². The molecule has 3 heterocycles. The SMILES string of the molecule is O=C1NC2(CCNCC2)C(=O)N1CCCn1ccnc1. The summed E-state index contributed by atoms with van der Waals surface area (Å²) >= 11 is 0. The number of urea groups is 1. The van der Waals surface area contributed by atoms with Gasteiger partial charge in [0.25, 0.3) is 5.91 Å². The van der Waals surface area contributed by atoms with Crippen LogP contribution in [0.3, 0.4) is 0 Å². The maximum Gasteiger partial charge on any atom is 0.325 e. The minimum absolute atomic E-state index is 0.0605. The summed E-state index contributed by atoms with van der Waals surface area (Å²) in [5.74, 6) is -0.0605. The molecule has 1 spiro atoms. The molecule has 2 aliphatic rings. The van der Waals surface area contributed by atoms with Crippen LogP contribution in [0.4, 0.5) is 4.79 Å². The number of amides is 3. The minimum Gasteiger partial charge on any atom is -0.337 e. The number of nitrogens with zero attached hydrogens (tertiary/aromatic N) is 3. The third-order valence-electron chi connectivity index (χ3n) is 4.06. The normalized spacial score (nSPS) is 21.5. The van der Waals surface area contributed by atoms with E-state index in [4.69, 9.17) is 0 Å². The summed E-state index contributed by atoms with van der Waals surface area (Å²) in [7, 11) is 0. The number of hydrogen-bond donors (Lipinski definition) is 2. The molecular formula is C13H19N5O2. The summed E-state index contributed by atoms with van der Waals surface area (Å²) in [6.45, 7) is 2.76. The van der Waals surface area contributed by atoms with E-state index in [2.05, 4.69) is 15.6 Å². The topological polar surface area (TPSA) is 79.3 Å². The van der Waals surface area contributed by atoms with E-state index in [1.54, 1.807) is 12.5 Å². The molecule has 20 heavy (non-hydrogen) atoms. The van der Waals surface area contributed by atoms with Gasteiger partial charge in [0.1, 0.15) is 5.54 Å². The highest BCUT2D eigenvalue weighted by molar-refractivity contribution is 6.07. The zero-order valence-electron chi connectivity index (χ0n) is 11.3. The summed E-state index contributed by atoms with van der Waals surface area (Å²) in [6.07, 6.45) is 7.42. The van der Waals surface area contributed by atoms with Crippen molar-refractivity contribution >= 4 is 11.9 Å². The van der Waals surface area contributed by atoms with Gasteiger partial charge < -0.3 is 15.2 Å². The molecule has 2 saturated heterocycles. The molecule has 1 aromatic rings. The molecule has 3 amide bonds. The van der Waals surface area contributed by atoms with Crippen molar-refractivity contribution in [2.24, 2.45) is 0 Å². The van der Waals surface area contributed by atoms with Crippen LogP contribution in [-0.2, 0) is 11.3 Å². The molecule has 1 aromatic heterocycles. The van der Waals surface area contributed by atoms with Gasteiger partial charge in [-0.3, -0.25) is 9.69 Å². The van der Waals surface area contributed by atoms with E-state index in [0.29, 0.717) is 19.4 Å². The lowest BCUT2D eigenvalue weighted by molar-refractivity contribution is -0.132. The number of aromatic nitrogens is 2. The summed E-state index contributed by atoms with van der Waals surface area (Å²) in [5.41, 5.74) is -0.655. The van der Waals surface area contributed by atoms with Gasteiger partial charge in [0, 0.05) is 25.5 Å². The van der Waals surface area contributed by atoms with Crippen LogP contribution in [0.2, 0.25) is 0 Å². The summed E-state index contributed by atoms with van der Waals surface area (Å²) in [6, 6.07) is -0.248. The van der Waals surface area contributed by atoms with E-state index in [0.717, 1.165) is 26.1 Å². The van der Waals surface area contributed by atoms with Gasteiger partial charge in [-0.2, -0.15) is 0 Å². The molecule has 0 radical (unpaired) electrons. The smallest absolute Gasteiger partial charge is 0.325 e. The van der Waals surface area contributed by atoms with Crippen molar-refractivity contribution in [2.45, 2.75) is 31.3 Å². The third kappa shape index (κ3) is 2.29. The number of piperidine rings is 1. The van der Waals surface area contributed by atoms with Gasteiger partial charge in [0.2, 0.25) is 0 Å². The first-order chi connectivity index (χ1) is 9.71. The van der Waals surface area contributed by atoms with Crippen molar-refractivity contribution in [3.63, 3.8) is 0 Å². The van der Waals surface area contributed by atoms with Crippen LogP contribution in [0.15, 0.2) is 18.7 Å². The Morgan fingerprint density at radius 2 is 2.05 bits per heavy atom. The van der Waals surface area contributed by atoms with Crippen LogP contribution in [0.1, 0.15) is 19.3 Å². The monoisotopic (exact) mass is 277 g/mol. The van der Waals surface area contributed by atoms with E-state index in [1.165, 1.54) is 4.90 Å². The molecule has 0 atom stereocenters. The highest BCUT2D eigenvalue weighted by Gasteiger charge is 2.50. The van der Waals surface area contributed by atoms with Crippen molar-refractivity contribution in [1.29, 1.82) is 0 Å². The van der Waals surface area contributed by atoms with Crippen LogP contribution >= 0.6 is 0 Å². The lowest BCUT2D eigenvalue weighted by Crippen LogP contribution is -2.53. The predicted octanol–water partition coefficient (Wildman–Crippen LogP) is -0.0528. The Morgan fingerprint density at radius 1 is 1.25 bits per heavy atom. The Kier molecular flexibility index (Phi) is 3.43. The van der Waals surface area contributed by atoms with Crippen molar-refractivity contribution in [2.75, 3.05) is 19.6 Å². The molecule has 3 rings (SSSR count). The number of carbonyl (C=O) groups excluding carboxylic acids is 2. The van der Waals surface area contributed by atoms with Crippen LogP contribution in [-0.4, -0.2) is 51.6 Å². The van der Waals surface area contributed by atoms with E-state index >= 15 is 0 Å². The van der Waals surface area contributed by atoms with Crippen molar-refractivity contribution in [3.8, 4) is 0 Å². The average molecular weight is 277 g/mol. The zero-order chi connectivity index (χ0) is 14.0. The highest BCUT2D eigenvalue weighted by Crippen LogP contribution is 2.26. The van der Waals surface area contributed by atoms with Crippen LogP contribution in [0.25, 0.3) is 0 Å². The largest absolute Gasteiger partial charge is 0.337 e. The molecule has 0 aliphatic carbocycles. The van der Waals surface area contributed by atoms with Gasteiger partial charge in [-0.05, 0) is 32.4 Å². The fraction of sp³-hybridized carbons (Fsp3) is 0.615. The Morgan fingerprint density at radius 3 is 2.75 bits per heavy atom. The van der Waals surface area contributed by atoms with Gasteiger partial charge in [-0.15, -0.1) is 0 Å². The molecule has 0 saturated carbocycles. The van der Waals surface area contributed by atoms with Gasteiger partial charge in [-0.1, -0.05) is 0 Å². The van der Waals surface area contributed by atoms with Crippen LogP contribution < -0.4 is 10.6 Å². The van der Waals surface area contributed by atoms with Crippen molar-refractivity contribution in [3.05, 3.63) is 18.7 Å². The molecule has 0 bridgehead atoms. The number of aryl methyl sites for hydroxylation is 1. The molecule has 2 aliphatic heterocycles. The molecule has 108 valence electrons. The second kappa shape index (κ2) is 5.24. The maximum atomic E-state index is 12.5. The number of nitrogens with one attached hydrogen (secondary N) is 2. The van der Waals surface area contributed by atoms with Crippen molar-refractivity contribution in [1.82, 2.24) is 25.1 Å². The first-order valence-corrected chi connectivity index (χ1v) is 7.02. The Balaban J connectivity index is 1.59. The maximum absolute atomic E-state index is 12.5. The van der Waals surface area contributed by atoms with Crippen LogP contribution in [0.5, 0.6) is 0 Å². The lowest BCUT2D eigenvalue weighted by Gasteiger charge is -2.31. The summed E-state index contributed by atoms with van der Waals surface area (Å²) in [5, 5.41) is 6.11. The molecular weight excluding hydrogens is 258 g/mol. The predicted molar refractivity (Wildman–Crippen MR) is 71.9 cm³/mol. The number of rotatable bonds is 4. The molecule has 7 nitrogen and oxygen atoms in total. The zero-order valence-corrected chi connectivity index (χ0v) is 11.3. The fourth-order valence-electron chi connectivity index (χ4n) is 2.90. The molecule has 0 unspecified atom stereocenters. The second-order valence-corrected chi connectivity index (χ2v) is 5.37. The molecule has 0 aromatic carbocycles. The number of imidazole rings is 1. The fourth-order valence-corrected chi connectivity index (χ4v) is 2.90. The van der Waals surface area contributed by atoms with Gasteiger partial charge >= 0.3 is 6.03 Å². The number of carbonyl (C=O) groups is 2. The third-order valence-corrected chi connectivity index (χ3v) is 4.06. The molecule has 7 heteroatoms. The standard InChI is InChI=1S/C13H19N5O2/c19-11-13(2-4-14-5-3-13)16-12(20)18(11)8-1-7-17-9-6-15-10-17/h6,9-10,14H,1-5,7-8H2,(H,16,20). The first-order valence-electron chi connectivity index (χ1n) is 7.02. The van der Waals surface area contributed by atoms with Crippen molar-refractivity contribution < 1.29 is 9.59 Å². The van der Waals surface area contributed by atoms with Gasteiger partial charge in [-0.25, -0.2) is 9.78 Å². The summed E-state index contributed by atoms with van der Waals surface area (Å²) < 4.78 is 1.94. The quantitative estimate of drug-likeness (QED) is 0.756. The minimum atomic E-state index is -0.655. The Hall–Kier alpha value is -1.89. The van der Waals surface area contributed by atoms with Crippen LogP contribution in [0, 0.1) is 0 Å². The molecule has 2 fully saturated rings. The second-order valence-electron chi connectivity index (χ2n) is 5.37. The highest BCUT2D eigenvalue weighted by atomic mass is 16.2. The number of imide groups is 1.